The first kappa shape index (κ1) is 10.4. The van der Waals surface area contributed by atoms with Crippen molar-refractivity contribution in [2.24, 2.45) is 0 Å². The lowest BCUT2D eigenvalue weighted by atomic mass is 9.90. The second-order valence-corrected chi connectivity index (χ2v) is 4.42. The smallest absolute Gasteiger partial charge is 0.0605 e. The molecule has 0 spiro atoms. The van der Waals surface area contributed by atoms with Crippen LogP contribution in [0.1, 0.15) is 39.0 Å². The molecule has 1 aliphatic heterocycles. The predicted molar refractivity (Wildman–Crippen MR) is 57.0 cm³/mol. The minimum atomic E-state index is 0.530. The van der Waals surface area contributed by atoms with Crippen molar-refractivity contribution in [1.82, 2.24) is 10.4 Å². The van der Waals surface area contributed by atoms with Gasteiger partial charge in [0.15, 0.2) is 0 Å². The topological polar surface area (TPSA) is 24.5 Å². The number of nitrogens with one attached hydrogen (secondary N) is 1. The lowest BCUT2D eigenvalue weighted by molar-refractivity contribution is -0.0330. The lowest BCUT2D eigenvalue weighted by Gasteiger charge is -2.40. The Morgan fingerprint density at radius 3 is 2.57 bits per heavy atom. The van der Waals surface area contributed by atoms with E-state index in [9.17, 15) is 0 Å². The molecule has 2 rings (SSSR count). The van der Waals surface area contributed by atoms with Gasteiger partial charge in [0.2, 0.25) is 0 Å². The summed E-state index contributed by atoms with van der Waals surface area (Å²) in [5, 5.41) is 2.40. The Kier molecular flexibility index (Phi) is 3.79. The Labute approximate surface area is 86.8 Å². The number of hydrogen-bond donors (Lipinski definition) is 1. The van der Waals surface area contributed by atoms with Crippen LogP contribution in [-0.2, 0) is 4.74 Å². The van der Waals surface area contributed by atoms with Crippen molar-refractivity contribution in [3.63, 3.8) is 0 Å². The van der Waals surface area contributed by atoms with Crippen LogP contribution in [-0.4, -0.2) is 36.9 Å². The van der Waals surface area contributed by atoms with E-state index >= 15 is 0 Å². The summed E-state index contributed by atoms with van der Waals surface area (Å²) in [6.07, 6.45) is 7.05. The summed E-state index contributed by atoms with van der Waals surface area (Å²) in [7, 11) is 0. The molecule has 1 heterocycles. The third-order valence-electron chi connectivity index (χ3n) is 3.22. The van der Waals surface area contributed by atoms with Crippen LogP contribution >= 0.6 is 0 Å². The summed E-state index contributed by atoms with van der Waals surface area (Å²) in [4.78, 5) is 0. The van der Waals surface area contributed by atoms with Crippen molar-refractivity contribution in [1.29, 1.82) is 0 Å². The molecule has 0 radical (unpaired) electrons. The van der Waals surface area contributed by atoms with E-state index in [2.05, 4.69) is 17.4 Å². The highest BCUT2D eigenvalue weighted by atomic mass is 16.5. The van der Waals surface area contributed by atoms with Crippen LogP contribution in [0.2, 0.25) is 0 Å². The Morgan fingerprint density at radius 1 is 1.21 bits per heavy atom. The fourth-order valence-electron chi connectivity index (χ4n) is 2.32. The van der Waals surface area contributed by atoms with E-state index < -0.39 is 0 Å². The zero-order chi connectivity index (χ0) is 9.80. The number of ether oxygens (including phenoxy) is 1. The molecule has 0 atom stereocenters. The average Bonchev–Trinajstić information content (AvgIpc) is 2.16. The van der Waals surface area contributed by atoms with Crippen molar-refractivity contribution < 1.29 is 4.74 Å². The average molecular weight is 198 g/mol. The van der Waals surface area contributed by atoms with Crippen LogP contribution in [0.4, 0.5) is 0 Å². The van der Waals surface area contributed by atoms with Gasteiger partial charge in [0.25, 0.3) is 0 Å². The molecule has 2 fully saturated rings. The highest BCUT2D eigenvalue weighted by Gasteiger charge is 2.30. The van der Waals surface area contributed by atoms with Gasteiger partial charge in [-0.05, 0) is 32.6 Å². The Balaban J connectivity index is 1.58. The predicted octanol–water partition coefficient (Wildman–Crippen LogP) is 1.54. The quantitative estimate of drug-likeness (QED) is 0.741. The Hall–Kier alpha value is -0.120. The molecule has 82 valence electrons. The lowest BCUT2D eigenvalue weighted by Crippen LogP contribution is -2.54. The Bertz CT molecular complexity index is 163. The minimum Gasteiger partial charge on any atom is -0.378 e. The van der Waals surface area contributed by atoms with Gasteiger partial charge in [-0.15, -0.1) is 0 Å². The molecule has 1 saturated heterocycles. The van der Waals surface area contributed by atoms with Crippen LogP contribution in [0.15, 0.2) is 0 Å². The third-order valence-corrected chi connectivity index (χ3v) is 3.22. The standard InChI is InChI=1S/C11H22N2O/c1-2-14-11-8-10(9-11)12-13-6-4-3-5-7-13/h10-12H,2-9H2,1H3. The van der Waals surface area contributed by atoms with E-state index in [1.807, 2.05) is 0 Å². The normalized spacial score (nSPS) is 34.1. The van der Waals surface area contributed by atoms with Gasteiger partial charge in [-0.25, -0.2) is 5.01 Å². The fourth-order valence-corrected chi connectivity index (χ4v) is 2.32. The molecule has 0 aromatic heterocycles. The molecular weight excluding hydrogens is 176 g/mol. The molecule has 1 aliphatic carbocycles. The molecule has 0 unspecified atom stereocenters. The van der Waals surface area contributed by atoms with Gasteiger partial charge in [0.05, 0.1) is 6.10 Å². The van der Waals surface area contributed by atoms with Gasteiger partial charge in [-0.1, -0.05) is 6.42 Å². The van der Waals surface area contributed by atoms with Gasteiger partial charge in [-0.2, -0.15) is 0 Å². The second-order valence-electron chi connectivity index (χ2n) is 4.42. The maximum Gasteiger partial charge on any atom is 0.0605 e. The van der Waals surface area contributed by atoms with Gasteiger partial charge in [0, 0.05) is 25.7 Å². The molecule has 3 nitrogen and oxygen atoms in total. The molecule has 2 aliphatic rings. The monoisotopic (exact) mass is 198 g/mol. The van der Waals surface area contributed by atoms with E-state index in [-0.39, 0.29) is 0 Å². The largest absolute Gasteiger partial charge is 0.378 e. The molecule has 1 N–H and O–H groups in total. The number of hydrazine groups is 1. The zero-order valence-corrected chi connectivity index (χ0v) is 9.17. The molecule has 14 heavy (non-hydrogen) atoms. The molecule has 0 aromatic rings. The number of rotatable bonds is 4. The third kappa shape index (κ3) is 2.69. The van der Waals surface area contributed by atoms with Crippen LogP contribution in [0.3, 0.4) is 0 Å². The first-order chi connectivity index (χ1) is 6.88. The van der Waals surface area contributed by atoms with Crippen molar-refractivity contribution >= 4 is 0 Å². The van der Waals surface area contributed by atoms with Crippen LogP contribution < -0.4 is 5.43 Å². The SMILES string of the molecule is CCOC1CC(NN2CCCCC2)C1. The van der Waals surface area contributed by atoms with Crippen LogP contribution in [0.25, 0.3) is 0 Å². The van der Waals surface area contributed by atoms with Gasteiger partial charge in [-0.3, -0.25) is 5.43 Å². The first-order valence-corrected chi connectivity index (χ1v) is 6.01. The van der Waals surface area contributed by atoms with E-state index in [1.165, 1.54) is 45.2 Å². The summed E-state index contributed by atoms with van der Waals surface area (Å²) in [6.45, 7) is 5.40. The second kappa shape index (κ2) is 5.10. The molecule has 3 heteroatoms. The summed E-state index contributed by atoms with van der Waals surface area (Å²) in [5.74, 6) is 0. The number of piperidine rings is 1. The highest BCUT2D eigenvalue weighted by molar-refractivity contribution is 4.85. The summed E-state index contributed by atoms with van der Waals surface area (Å²) >= 11 is 0. The molecule has 0 aromatic carbocycles. The van der Waals surface area contributed by atoms with Crippen molar-refractivity contribution in [2.75, 3.05) is 19.7 Å². The Morgan fingerprint density at radius 2 is 1.93 bits per heavy atom. The molecule has 0 amide bonds. The molecule has 0 bridgehead atoms. The maximum atomic E-state index is 5.54. The van der Waals surface area contributed by atoms with Crippen molar-refractivity contribution in [3.05, 3.63) is 0 Å². The first-order valence-electron chi connectivity index (χ1n) is 6.01. The van der Waals surface area contributed by atoms with Gasteiger partial charge in [0.1, 0.15) is 0 Å². The minimum absolute atomic E-state index is 0.530. The van der Waals surface area contributed by atoms with Gasteiger partial charge < -0.3 is 4.74 Å². The van der Waals surface area contributed by atoms with Crippen LogP contribution in [0.5, 0.6) is 0 Å². The summed E-state index contributed by atoms with van der Waals surface area (Å²) in [5.41, 5.74) is 3.60. The number of nitrogens with zero attached hydrogens (tertiary/aromatic N) is 1. The maximum absolute atomic E-state index is 5.54. The van der Waals surface area contributed by atoms with Gasteiger partial charge >= 0.3 is 0 Å². The zero-order valence-electron chi connectivity index (χ0n) is 9.17. The van der Waals surface area contributed by atoms with E-state index in [0.717, 1.165) is 6.61 Å². The molecular formula is C11H22N2O. The van der Waals surface area contributed by atoms with E-state index in [0.29, 0.717) is 12.1 Å². The summed E-state index contributed by atoms with van der Waals surface area (Å²) in [6, 6.07) is 0.685. The van der Waals surface area contributed by atoms with E-state index in [4.69, 9.17) is 4.74 Å². The van der Waals surface area contributed by atoms with Crippen molar-refractivity contribution in [3.8, 4) is 0 Å². The van der Waals surface area contributed by atoms with Crippen molar-refractivity contribution in [2.45, 2.75) is 51.2 Å². The highest BCUT2D eigenvalue weighted by Crippen LogP contribution is 2.24. The molecule has 1 saturated carbocycles. The van der Waals surface area contributed by atoms with E-state index in [1.54, 1.807) is 0 Å². The number of hydrogen-bond acceptors (Lipinski definition) is 3. The van der Waals surface area contributed by atoms with Crippen LogP contribution in [0, 0.1) is 0 Å². The fraction of sp³-hybridized carbons (Fsp3) is 1.00. The summed E-state index contributed by atoms with van der Waals surface area (Å²) < 4.78 is 5.54.